The van der Waals surface area contributed by atoms with Gasteiger partial charge in [0.1, 0.15) is 24.4 Å². The molecular weight excluding hydrogens is 839 g/mol. The fraction of sp³-hybridized carbons (Fsp3) is 0.948. The summed E-state index contributed by atoms with van der Waals surface area (Å²) in [6.07, 6.45) is 52.8. The van der Waals surface area contributed by atoms with Gasteiger partial charge in [-0.3, -0.25) is 4.79 Å². The molecule has 1 heterocycles. The minimum atomic E-state index is -1.56. The lowest BCUT2D eigenvalue weighted by Gasteiger charge is -2.40. The van der Waals surface area contributed by atoms with Crippen LogP contribution in [0.4, 0.5) is 0 Å². The summed E-state index contributed by atoms with van der Waals surface area (Å²) in [5, 5.41) is 54.5. The van der Waals surface area contributed by atoms with Gasteiger partial charge in [0, 0.05) is 6.42 Å². The van der Waals surface area contributed by atoms with Gasteiger partial charge in [-0.25, -0.2) is 0 Å². The Morgan fingerprint density at radius 1 is 0.493 bits per heavy atom. The molecule has 0 spiro atoms. The average Bonchev–Trinajstić information content (AvgIpc) is 3.33. The van der Waals surface area contributed by atoms with Crippen LogP contribution in [0.2, 0.25) is 0 Å². The molecule has 0 bridgehead atoms. The number of carbonyl (C=O) groups excluding carboxylic acids is 1. The van der Waals surface area contributed by atoms with Gasteiger partial charge in [0.05, 0.1) is 25.4 Å². The Hall–Kier alpha value is -1.07. The van der Waals surface area contributed by atoms with E-state index in [9.17, 15) is 30.3 Å². The first kappa shape index (κ1) is 63.9. The summed E-state index contributed by atoms with van der Waals surface area (Å²) >= 11 is 0. The summed E-state index contributed by atoms with van der Waals surface area (Å²) in [5.41, 5.74) is 0. The Bertz CT molecular complexity index is 1060. The first-order valence-electron chi connectivity index (χ1n) is 29.4. The van der Waals surface area contributed by atoms with Gasteiger partial charge in [0.25, 0.3) is 0 Å². The highest BCUT2D eigenvalue weighted by Crippen LogP contribution is 2.23. The van der Waals surface area contributed by atoms with Gasteiger partial charge < -0.3 is 40.3 Å². The van der Waals surface area contributed by atoms with Crippen LogP contribution in [0.3, 0.4) is 0 Å². The first-order valence-corrected chi connectivity index (χ1v) is 29.4. The summed E-state index contributed by atoms with van der Waals surface area (Å²) in [4.78, 5) is 13.1. The van der Waals surface area contributed by atoms with Crippen LogP contribution in [-0.2, 0) is 14.3 Å². The molecule has 7 unspecified atom stereocenters. The van der Waals surface area contributed by atoms with Crippen LogP contribution in [0.1, 0.15) is 296 Å². The van der Waals surface area contributed by atoms with Crippen molar-refractivity contribution in [3.05, 3.63) is 12.2 Å². The SMILES string of the molecule is CCCCCCCCCCCCCCCCC/C=C/C(O)C(COC1OC(CO)C(O)C(O)C1O)NC(=O)CCCCCCCCCCCCCCCCCCCCCCCCCCCCC. The van der Waals surface area contributed by atoms with Crippen molar-refractivity contribution in [1.29, 1.82) is 0 Å². The van der Waals surface area contributed by atoms with E-state index in [4.69, 9.17) is 9.47 Å². The number of rotatable bonds is 51. The number of aliphatic hydroxyl groups excluding tert-OH is 5. The predicted molar refractivity (Wildman–Crippen MR) is 281 cm³/mol. The molecule has 9 nitrogen and oxygen atoms in total. The standard InChI is InChI=1S/C58H113NO8/c1-3-5-7-9-11-13-15-17-19-21-22-23-24-25-26-27-28-29-30-32-34-36-38-40-42-44-46-48-54(62)59-51(50-66-58-57(65)56(64)55(63)53(49-60)67-58)52(61)47-45-43-41-39-37-35-33-31-20-18-16-14-12-10-8-6-4-2/h45,47,51-53,55-58,60-61,63-65H,3-44,46,48-50H2,1-2H3,(H,59,62)/b47-45+. The Morgan fingerprint density at radius 2 is 0.821 bits per heavy atom. The van der Waals surface area contributed by atoms with Crippen molar-refractivity contribution in [2.24, 2.45) is 0 Å². The number of aliphatic hydroxyl groups is 5. The molecule has 1 amide bonds. The van der Waals surface area contributed by atoms with Crippen molar-refractivity contribution in [1.82, 2.24) is 5.32 Å². The molecule has 0 aromatic rings. The van der Waals surface area contributed by atoms with Crippen LogP contribution >= 0.6 is 0 Å². The van der Waals surface area contributed by atoms with Crippen LogP contribution < -0.4 is 5.32 Å². The molecule has 7 atom stereocenters. The van der Waals surface area contributed by atoms with Crippen molar-refractivity contribution in [2.75, 3.05) is 13.2 Å². The minimum Gasteiger partial charge on any atom is -0.394 e. The monoisotopic (exact) mass is 952 g/mol. The smallest absolute Gasteiger partial charge is 0.220 e. The largest absolute Gasteiger partial charge is 0.394 e. The lowest BCUT2D eigenvalue weighted by molar-refractivity contribution is -0.302. The maximum atomic E-state index is 13.1. The zero-order chi connectivity index (χ0) is 48.7. The molecule has 1 aliphatic heterocycles. The van der Waals surface area contributed by atoms with E-state index in [1.54, 1.807) is 6.08 Å². The van der Waals surface area contributed by atoms with Gasteiger partial charge in [-0.15, -0.1) is 0 Å². The molecule has 0 saturated carbocycles. The van der Waals surface area contributed by atoms with E-state index in [-0.39, 0.29) is 12.5 Å². The molecular formula is C58H113NO8. The Kier molecular flexibility index (Phi) is 46.3. The number of hydrogen-bond acceptors (Lipinski definition) is 8. The zero-order valence-corrected chi connectivity index (χ0v) is 44.2. The number of carbonyl (C=O) groups is 1. The number of unbranched alkanes of at least 4 members (excludes halogenated alkanes) is 41. The number of ether oxygens (including phenoxy) is 2. The Balaban J connectivity index is 2.17. The van der Waals surface area contributed by atoms with Crippen molar-refractivity contribution >= 4 is 5.91 Å². The summed E-state index contributed by atoms with van der Waals surface area (Å²) in [5.74, 6) is -0.170. The molecule has 9 heteroatoms. The van der Waals surface area contributed by atoms with E-state index in [0.29, 0.717) is 6.42 Å². The molecule has 0 radical (unpaired) electrons. The third-order valence-corrected chi connectivity index (χ3v) is 14.4. The summed E-state index contributed by atoms with van der Waals surface area (Å²) in [6.45, 7) is 3.82. The quantitative estimate of drug-likeness (QED) is 0.0261. The fourth-order valence-electron chi connectivity index (χ4n) is 9.69. The number of hydrogen-bond donors (Lipinski definition) is 6. The highest BCUT2D eigenvalue weighted by Gasteiger charge is 2.44. The van der Waals surface area contributed by atoms with Crippen molar-refractivity contribution in [2.45, 2.75) is 339 Å². The summed E-state index contributed by atoms with van der Waals surface area (Å²) in [6, 6.07) is -0.800. The van der Waals surface area contributed by atoms with E-state index < -0.39 is 49.5 Å². The molecule has 0 aliphatic carbocycles. The second-order valence-electron chi connectivity index (χ2n) is 20.8. The van der Waals surface area contributed by atoms with E-state index >= 15 is 0 Å². The van der Waals surface area contributed by atoms with E-state index in [1.807, 2.05) is 6.08 Å². The van der Waals surface area contributed by atoms with E-state index in [0.717, 1.165) is 38.5 Å². The minimum absolute atomic E-state index is 0.170. The van der Waals surface area contributed by atoms with Gasteiger partial charge in [-0.05, 0) is 19.3 Å². The molecule has 1 rings (SSSR count). The normalized spacial score (nSPS) is 19.7. The van der Waals surface area contributed by atoms with Crippen molar-refractivity contribution in [3.8, 4) is 0 Å². The average molecular weight is 953 g/mol. The molecule has 398 valence electrons. The highest BCUT2D eigenvalue weighted by atomic mass is 16.7. The molecule has 6 N–H and O–H groups in total. The second-order valence-corrected chi connectivity index (χ2v) is 20.8. The first-order chi connectivity index (χ1) is 32.8. The van der Waals surface area contributed by atoms with Crippen molar-refractivity contribution < 1.29 is 39.8 Å². The lowest BCUT2D eigenvalue weighted by atomic mass is 9.99. The molecule has 1 saturated heterocycles. The van der Waals surface area contributed by atoms with Crippen molar-refractivity contribution in [3.63, 3.8) is 0 Å². The van der Waals surface area contributed by atoms with E-state index in [1.165, 1.54) is 238 Å². The highest BCUT2D eigenvalue weighted by molar-refractivity contribution is 5.76. The maximum absolute atomic E-state index is 13.1. The van der Waals surface area contributed by atoms with Crippen LogP contribution in [0.25, 0.3) is 0 Å². The Labute approximate surface area is 414 Å². The number of nitrogens with one attached hydrogen (secondary N) is 1. The third-order valence-electron chi connectivity index (χ3n) is 14.4. The molecule has 0 aromatic carbocycles. The second kappa shape index (κ2) is 48.6. The third kappa shape index (κ3) is 38.3. The number of amides is 1. The molecule has 0 aromatic heterocycles. The summed E-state index contributed by atoms with van der Waals surface area (Å²) < 4.78 is 11.3. The van der Waals surface area contributed by atoms with Gasteiger partial charge in [0.2, 0.25) is 5.91 Å². The van der Waals surface area contributed by atoms with Gasteiger partial charge in [-0.2, -0.15) is 0 Å². The van der Waals surface area contributed by atoms with E-state index in [2.05, 4.69) is 19.2 Å². The lowest BCUT2D eigenvalue weighted by Crippen LogP contribution is -2.60. The maximum Gasteiger partial charge on any atom is 0.220 e. The van der Waals surface area contributed by atoms with Crippen LogP contribution in [0.5, 0.6) is 0 Å². The molecule has 1 fully saturated rings. The van der Waals surface area contributed by atoms with Gasteiger partial charge in [0.15, 0.2) is 6.29 Å². The number of allylic oxidation sites excluding steroid dienone is 1. The molecule has 67 heavy (non-hydrogen) atoms. The van der Waals surface area contributed by atoms with Gasteiger partial charge in [-0.1, -0.05) is 283 Å². The zero-order valence-electron chi connectivity index (χ0n) is 44.2. The fourth-order valence-corrected chi connectivity index (χ4v) is 9.69. The molecule has 1 aliphatic rings. The van der Waals surface area contributed by atoms with Crippen LogP contribution in [0, 0.1) is 0 Å². The Morgan fingerprint density at radius 3 is 1.16 bits per heavy atom. The van der Waals surface area contributed by atoms with Crippen LogP contribution in [0.15, 0.2) is 12.2 Å². The van der Waals surface area contributed by atoms with Crippen LogP contribution in [-0.4, -0.2) is 87.5 Å². The topological polar surface area (TPSA) is 149 Å². The van der Waals surface area contributed by atoms with Gasteiger partial charge >= 0.3 is 0 Å². The summed E-state index contributed by atoms with van der Waals surface area (Å²) in [7, 11) is 0. The predicted octanol–water partition coefficient (Wildman–Crippen LogP) is 14.4.